The second-order valence-corrected chi connectivity index (χ2v) is 19.7. The molecule has 5 fully saturated rings. The van der Waals surface area contributed by atoms with Gasteiger partial charge in [0.05, 0.1) is 24.4 Å². The van der Waals surface area contributed by atoms with E-state index < -0.39 is 0 Å². The highest BCUT2D eigenvalue weighted by Crippen LogP contribution is 2.54. The molecule has 7 aliphatic rings. The van der Waals surface area contributed by atoms with Gasteiger partial charge in [-0.25, -0.2) is 0 Å². The van der Waals surface area contributed by atoms with E-state index in [1.165, 1.54) is 112 Å². The summed E-state index contributed by atoms with van der Waals surface area (Å²) in [7, 11) is 0. The molecule has 0 amide bonds. The van der Waals surface area contributed by atoms with Gasteiger partial charge >= 0.3 is 0 Å². The van der Waals surface area contributed by atoms with Crippen molar-refractivity contribution >= 4 is 11.4 Å². The van der Waals surface area contributed by atoms with Crippen LogP contribution in [-0.2, 0) is 0 Å². The van der Waals surface area contributed by atoms with Crippen LogP contribution in [0, 0.1) is 31.6 Å². The predicted molar refractivity (Wildman–Crippen MR) is 224 cm³/mol. The number of para-hydroxylation sites is 1. The van der Waals surface area contributed by atoms with Gasteiger partial charge < -0.3 is 9.80 Å². The number of benzene rings is 2. The number of anilines is 2. The normalized spacial score (nSPS) is 37.9. The highest BCUT2D eigenvalue weighted by Gasteiger charge is 2.58. The fraction of sp³-hybridized carbons (Fsp3) is 0.673. The Bertz CT molecular complexity index is 1690. The van der Waals surface area contributed by atoms with Crippen LogP contribution < -0.4 is 9.80 Å². The molecule has 0 bridgehead atoms. The van der Waals surface area contributed by atoms with E-state index in [4.69, 9.17) is 0 Å². The van der Waals surface area contributed by atoms with Crippen LogP contribution in [0.15, 0.2) is 66.8 Å². The first-order valence-corrected chi connectivity index (χ1v) is 22.3. The summed E-state index contributed by atoms with van der Waals surface area (Å²) in [5.74, 6) is 2.90. The van der Waals surface area contributed by atoms with Gasteiger partial charge in [0, 0.05) is 34.5 Å². The van der Waals surface area contributed by atoms with Crippen molar-refractivity contribution < 1.29 is 0 Å². The smallest absolute Gasteiger partial charge is 0.0865 e. The molecule has 0 radical (unpaired) electrons. The lowest BCUT2D eigenvalue weighted by Gasteiger charge is -2.50. The second-order valence-electron chi connectivity index (χ2n) is 19.7. The number of hydrogen-bond acceptors (Lipinski definition) is 4. The molecule has 3 saturated carbocycles. The van der Waals surface area contributed by atoms with Crippen molar-refractivity contribution in [3.05, 3.63) is 83.5 Å². The molecule has 0 N–H and O–H groups in total. The van der Waals surface area contributed by atoms with Gasteiger partial charge in [0.1, 0.15) is 0 Å². The Morgan fingerprint density at radius 1 is 0.566 bits per heavy atom. The van der Waals surface area contributed by atoms with Crippen LogP contribution in [0.1, 0.15) is 147 Å². The highest BCUT2D eigenvalue weighted by molar-refractivity contribution is 5.60. The molecular weight excluding hydrogens is 645 g/mol. The summed E-state index contributed by atoms with van der Waals surface area (Å²) in [4.78, 5) is 11.7. The predicted octanol–water partition coefficient (Wildman–Crippen LogP) is 11.5. The zero-order valence-electron chi connectivity index (χ0n) is 34.3. The van der Waals surface area contributed by atoms with Crippen LogP contribution in [0.2, 0.25) is 0 Å². The average molecular weight is 715 g/mol. The minimum absolute atomic E-state index is 0.121. The molecule has 53 heavy (non-hydrogen) atoms. The molecule has 0 aromatic heterocycles. The first-order chi connectivity index (χ1) is 25.6. The van der Waals surface area contributed by atoms with Crippen LogP contribution in [0.3, 0.4) is 0 Å². The standard InChI is InChI=1S/C49H70N4/c1-33-16-14-15-21-42(33)50-36(4)45-29-31-49(7,53(45)47(50)39-19-12-9-13-20-39)41-25-22-37(23-26-41)40-24-27-43(34(2)32-40)51-35(3)44-28-30-48(5,6)52(44)46(51)38-17-10-8-11-18-38/h14-16,21,24,27-32,35-39,41,44-47H,8-13,17-20,22-23,25-26H2,1-7H3/t35-,36-,37?,41?,44?,45?,46?,47?,49?/m0/s1. The van der Waals surface area contributed by atoms with E-state index in [0.29, 0.717) is 48.3 Å². The number of nitrogens with zero attached hydrogens (tertiary/aromatic N) is 4. The maximum absolute atomic E-state index is 3.06. The molecule has 4 heteroatoms. The fourth-order valence-corrected chi connectivity index (χ4v) is 13.5. The summed E-state index contributed by atoms with van der Waals surface area (Å²) < 4.78 is 0. The molecule has 2 aromatic rings. The molecule has 4 aliphatic heterocycles. The minimum atomic E-state index is 0.121. The average Bonchev–Trinajstić information content (AvgIpc) is 3.88. The number of hydrogen-bond donors (Lipinski definition) is 0. The zero-order valence-corrected chi connectivity index (χ0v) is 34.3. The SMILES string of the molecule is Cc1cc(C2CCC(C3(C)C=CC4[C@H](C)N(c5ccccc5C)C(C5CCCCC5)N43)CC2)ccc1N1C(C2CCCCC2)N2C(C=CC2(C)C)[C@@H]1C. The van der Waals surface area contributed by atoms with Crippen molar-refractivity contribution in [2.75, 3.05) is 9.80 Å². The lowest BCUT2D eigenvalue weighted by Crippen LogP contribution is -2.57. The highest BCUT2D eigenvalue weighted by atomic mass is 15.5. The number of rotatable bonds is 6. The van der Waals surface area contributed by atoms with E-state index in [2.05, 4.69) is 135 Å². The maximum Gasteiger partial charge on any atom is 0.0865 e. The zero-order chi connectivity index (χ0) is 36.6. The molecule has 5 unspecified atom stereocenters. The van der Waals surface area contributed by atoms with E-state index >= 15 is 0 Å². The molecular formula is C49H70N4. The van der Waals surface area contributed by atoms with Gasteiger partial charge in [0.25, 0.3) is 0 Å². The van der Waals surface area contributed by atoms with E-state index in [1.807, 2.05) is 0 Å². The van der Waals surface area contributed by atoms with Crippen molar-refractivity contribution in [2.45, 2.75) is 192 Å². The third-order valence-electron chi connectivity index (χ3n) is 16.3. The van der Waals surface area contributed by atoms with E-state index in [1.54, 1.807) is 5.56 Å². The maximum atomic E-state index is 3.06. The first kappa shape index (κ1) is 36.1. The van der Waals surface area contributed by atoms with Crippen molar-refractivity contribution in [3.8, 4) is 0 Å². The Kier molecular flexibility index (Phi) is 9.45. The van der Waals surface area contributed by atoms with Gasteiger partial charge in [-0.3, -0.25) is 9.80 Å². The van der Waals surface area contributed by atoms with Crippen molar-refractivity contribution in [2.24, 2.45) is 17.8 Å². The quantitative estimate of drug-likeness (QED) is 0.276. The fourth-order valence-electron chi connectivity index (χ4n) is 13.5. The van der Waals surface area contributed by atoms with Crippen molar-refractivity contribution in [1.82, 2.24) is 9.80 Å². The van der Waals surface area contributed by atoms with Crippen LogP contribution >= 0.6 is 0 Å². The summed E-state index contributed by atoms with van der Waals surface area (Å²) in [6, 6.07) is 18.9. The van der Waals surface area contributed by atoms with Gasteiger partial charge in [0.15, 0.2) is 0 Å². The Hall–Kier alpha value is -2.56. The van der Waals surface area contributed by atoms with E-state index in [9.17, 15) is 0 Å². The molecule has 0 spiro atoms. The number of fused-ring (bicyclic) bond motifs is 2. The number of aryl methyl sites for hydroxylation is 2. The summed E-state index contributed by atoms with van der Waals surface area (Å²) in [6.07, 6.45) is 30.6. The van der Waals surface area contributed by atoms with Crippen LogP contribution in [0.4, 0.5) is 11.4 Å². The van der Waals surface area contributed by atoms with Gasteiger partial charge in [-0.05, 0) is 152 Å². The molecule has 4 heterocycles. The Morgan fingerprint density at radius 2 is 1.11 bits per heavy atom. The Labute approximate surface area is 323 Å². The third kappa shape index (κ3) is 5.89. The lowest BCUT2D eigenvalue weighted by molar-refractivity contribution is 0.0213. The van der Waals surface area contributed by atoms with Gasteiger partial charge in [-0.2, -0.15) is 0 Å². The molecule has 2 aromatic carbocycles. The largest absolute Gasteiger partial charge is 0.351 e. The van der Waals surface area contributed by atoms with Gasteiger partial charge in [0.2, 0.25) is 0 Å². The summed E-state index contributed by atoms with van der Waals surface area (Å²) in [5, 5.41) is 0. The molecule has 3 aliphatic carbocycles. The third-order valence-corrected chi connectivity index (χ3v) is 16.3. The second kappa shape index (κ2) is 13.9. The van der Waals surface area contributed by atoms with Crippen LogP contribution in [-0.4, -0.2) is 57.4 Å². The van der Waals surface area contributed by atoms with E-state index in [0.717, 1.165) is 11.8 Å². The molecule has 7 atom stereocenters. The molecule has 4 nitrogen and oxygen atoms in total. The minimum Gasteiger partial charge on any atom is -0.351 e. The molecule has 2 saturated heterocycles. The van der Waals surface area contributed by atoms with Gasteiger partial charge in [-0.15, -0.1) is 0 Å². The van der Waals surface area contributed by atoms with Crippen LogP contribution in [0.5, 0.6) is 0 Å². The molecule has 9 rings (SSSR count). The summed E-state index contributed by atoms with van der Waals surface area (Å²) in [5.41, 5.74) is 7.72. The van der Waals surface area contributed by atoms with Crippen molar-refractivity contribution in [3.63, 3.8) is 0 Å². The summed E-state index contributed by atoms with van der Waals surface area (Å²) in [6.45, 7) is 17.3. The first-order valence-electron chi connectivity index (χ1n) is 22.3. The van der Waals surface area contributed by atoms with Crippen LogP contribution in [0.25, 0.3) is 0 Å². The van der Waals surface area contributed by atoms with E-state index in [-0.39, 0.29) is 11.1 Å². The Balaban J connectivity index is 0.943. The lowest BCUT2D eigenvalue weighted by atomic mass is 9.70. The monoisotopic (exact) mass is 715 g/mol. The topological polar surface area (TPSA) is 13.0 Å². The molecule has 286 valence electrons. The van der Waals surface area contributed by atoms with Gasteiger partial charge in [-0.1, -0.05) is 93.2 Å². The summed E-state index contributed by atoms with van der Waals surface area (Å²) >= 11 is 0. The Morgan fingerprint density at radius 3 is 1.72 bits per heavy atom. The van der Waals surface area contributed by atoms with Crippen molar-refractivity contribution in [1.29, 1.82) is 0 Å².